The van der Waals surface area contributed by atoms with Gasteiger partial charge in [0.25, 0.3) is 0 Å². The van der Waals surface area contributed by atoms with Crippen molar-refractivity contribution in [2.75, 3.05) is 0 Å². The highest BCUT2D eigenvalue weighted by Crippen LogP contribution is 2.42. The Hall–Kier alpha value is -6.98. The molecule has 8 aromatic carbocycles. The topological polar surface area (TPSA) is 63.0 Å². The molecule has 0 amide bonds. The number of hydrogen-bond acceptors (Lipinski definition) is 5. The molecule has 3 heterocycles. The van der Waals surface area contributed by atoms with Crippen molar-refractivity contribution in [3.63, 3.8) is 0 Å². The Morgan fingerprint density at radius 1 is 0.462 bits per heavy atom. The second-order valence-electron chi connectivity index (χ2n) is 13.4. The van der Waals surface area contributed by atoms with Crippen LogP contribution in [0, 0.1) is 0 Å². The van der Waals surface area contributed by atoms with Gasteiger partial charge in [-0.05, 0) is 51.4 Å². The number of hydrogen-bond donors (Lipinski definition) is 1. The lowest BCUT2D eigenvalue weighted by Gasteiger charge is -2.24. The van der Waals surface area contributed by atoms with Gasteiger partial charge in [0, 0.05) is 43.8 Å². The summed E-state index contributed by atoms with van der Waals surface area (Å²) >= 11 is 0. The number of rotatable bonds is 4. The van der Waals surface area contributed by atoms with E-state index < -0.39 is 0 Å². The monoisotopic (exact) mass is 667 g/mol. The van der Waals surface area contributed by atoms with Gasteiger partial charge in [-0.25, -0.2) is 9.98 Å². The highest BCUT2D eigenvalue weighted by Gasteiger charge is 2.25. The van der Waals surface area contributed by atoms with Gasteiger partial charge in [0.2, 0.25) is 0 Å². The van der Waals surface area contributed by atoms with Crippen LogP contribution in [-0.2, 0) is 0 Å². The lowest BCUT2D eigenvalue weighted by molar-refractivity contribution is 0.665. The molecule has 10 aromatic rings. The van der Waals surface area contributed by atoms with Crippen LogP contribution in [-0.4, -0.2) is 11.7 Å². The molecule has 0 radical (unpaired) electrons. The number of aliphatic imine (C=N–C) groups is 2. The number of benzene rings is 8. The number of amidine groups is 2. The number of nitrogens with zero attached hydrogens (tertiary/aromatic N) is 2. The molecular formula is C47H29N3O2. The van der Waals surface area contributed by atoms with Gasteiger partial charge in [-0.2, -0.15) is 0 Å². The molecule has 0 spiro atoms. The maximum Gasteiger partial charge on any atom is 0.160 e. The van der Waals surface area contributed by atoms with Crippen LogP contribution in [0.4, 0.5) is 0 Å². The molecule has 0 fully saturated rings. The van der Waals surface area contributed by atoms with E-state index in [2.05, 4.69) is 139 Å². The molecule has 5 heteroatoms. The van der Waals surface area contributed by atoms with Crippen molar-refractivity contribution in [1.82, 2.24) is 5.32 Å². The van der Waals surface area contributed by atoms with E-state index in [1.54, 1.807) is 0 Å². The molecular weight excluding hydrogens is 639 g/mol. The van der Waals surface area contributed by atoms with Gasteiger partial charge in [-0.1, -0.05) is 140 Å². The summed E-state index contributed by atoms with van der Waals surface area (Å²) in [6.45, 7) is 0. The predicted molar refractivity (Wildman–Crippen MR) is 213 cm³/mol. The fourth-order valence-electron chi connectivity index (χ4n) is 7.81. The Kier molecular flexibility index (Phi) is 6.25. The lowest BCUT2D eigenvalue weighted by atomic mass is 9.98. The molecule has 0 aliphatic carbocycles. The zero-order valence-corrected chi connectivity index (χ0v) is 27.9. The van der Waals surface area contributed by atoms with Crippen molar-refractivity contribution in [3.8, 4) is 11.1 Å². The van der Waals surface area contributed by atoms with Gasteiger partial charge in [-0.15, -0.1) is 0 Å². The van der Waals surface area contributed by atoms with Gasteiger partial charge in [0.05, 0.1) is 0 Å². The highest BCUT2D eigenvalue weighted by atomic mass is 16.3. The van der Waals surface area contributed by atoms with Crippen LogP contribution in [0.5, 0.6) is 0 Å². The molecule has 1 N–H and O–H groups in total. The molecule has 0 bridgehead atoms. The molecule has 52 heavy (non-hydrogen) atoms. The van der Waals surface area contributed by atoms with Crippen molar-refractivity contribution in [2.24, 2.45) is 9.98 Å². The van der Waals surface area contributed by atoms with Crippen molar-refractivity contribution in [1.29, 1.82) is 0 Å². The molecule has 1 atom stereocenters. The molecule has 1 aliphatic rings. The first-order valence-corrected chi connectivity index (χ1v) is 17.5. The largest absolute Gasteiger partial charge is 0.455 e. The van der Waals surface area contributed by atoms with Crippen LogP contribution in [0.25, 0.3) is 76.5 Å². The van der Waals surface area contributed by atoms with E-state index in [1.807, 2.05) is 30.3 Å². The Morgan fingerprint density at radius 3 is 1.88 bits per heavy atom. The number of para-hydroxylation sites is 3. The minimum atomic E-state index is -0.353. The van der Waals surface area contributed by atoms with E-state index >= 15 is 0 Å². The molecule has 0 saturated heterocycles. The van der Waals surface area contributed by atoms with Gasteiger partial charge in [0.1, 0.15) is 34.3 Å². The molecule has 1 unspecified atom stereocenters. The highest BCUT2D eigenvalue weighted by molar-refractivity contribution is 6.23. The van der Waals surface area contributed by atoms with Crippen LogP contribution < -0.4 is 5.32 Å². The summed E-state index contributed by atoms with van der Waals surface area (Å²) in [4.78, 5) is 10.6. The molecule has 2 aromatic heterocycles. The minimum absolute atomic E-state index is 0.353. The van der Waals surface area contributed by atoms with Gasteiger partial charge >= 0.3 is 0 Å². The summed E-state index contributed by atoms with van der Waals surface area (Å²) in [5.74, 6) is 1.43. The van der Waals surface area contributed by atoms with Gasteiger partial charge < -0.3 is 14.2 Å². The summed E-state index contributed by atoms with van der Waals surface area (Å²) in [6, 6.07) is 56.8. The third-order valence-corrected chi connectivity index (χ3v) is 10.3. The average molecular weight is 668 g/mol. The van der Waals surface area contributed by atoms with Crippen LogP contribution in [0.1, 0.15) is 22.9 Å². The van der Waals surface area contributed by atoms with Crippen molar-refractivity contribution >= 4 is 77.1 Å². The van der Waals surface area contributed by atoms with Crippen LogP contribution in [0.15, 0.2) is 183 Å². The van der Waals surface area contributed by atoms with E-state index in [4.69, 9.17) is 18.8 Å². The number of furan rings is 2. The molecule has 11 rings (SSSR count). The fourth-order valence-corrected chi connectivity index (χ4v) is 7.81. The summed E-state index contributed by atoms with van der Waals surface area (Å²) in [6.07, 6.45) is -0.353. The second kappa shape index (κ2) is 11.3. The number of fused-ring (bicyclic) bond motifs is 8. The maximum absolute atomic E-state index is 6.75. The van der Waals surface area contributed by atoms with Crippen molar-refractivity contribution < 1.29 is 8.83 Å². The zero-order valence-electron chi connectivity index (χ0n) is 27.9. The van der Waals surface area contributed by atoms with E-state index in [0.717, 1.165) is 82.9 Å². The molecule has 5 nitrogen and oxygen atoms in total. The van der Waals surface area contributed by atoms with Crippen molar-refractivity contribution in [3.05, 3.63) is 180 Å². The normalized spacial score (nSPS) is 14.7. The van der Waals surface area contributed by atoms with Crippen molar-refractivity contribution in [2.45, 2.75) is 6.17 Å². The van der Waals surface area contributed by atoms with E-state index in [9.17, 15) is 0 Å². The van der Waals surface area contributed by atoms with E-state index in [1.165, 1.54) is 16.2 Å². The summed E-state index contributed by atoms with van der Waals surface area (Å²) in [7, 11) is 0. The molecule has 244 valence electrons. The first-order valence-electron chi connectivity index (χ1n) is 17.5. The smallest absolute Gasteiger partial charge is 0.160 e. The third kappa shape index (κ3) is 4.49. The fraction of sp³-hybridized carbons (Fsp3) is 0.0213. The second-order valence-corrected chi connectivity index (χ2v) is 13.4. The number of nitrogens with one attached hydrogen (secondary N) is 1. The van der Waals surface area contributed by atoms with Crippen LogP contribution in [0.2, 0.25) is 0 Å². The standard InChI is InChI=1S/C47H29N3O2/c1-3-12-30-26-32(24-22-28(30)10-1)45-48-46(33-25-23-29-11-2-4-13-31(29)27-33)50-47(49-45)39-19-9-21-41-42(39)38-18-8-17-37(44(38)52-41)36-16-7-15-35-34-14-5-6-20-40(34)51-43(35)36/h1-27,45H,(H,48,49,50). The van der Waals surface area contributed by atoms with Crippen LogP contribution in [0.3, 0.4) is 0 Å². The molecule has 0 saturated carbocycles. The van der Waals surface area contributed by atoms with E-state index in [0.29, 0.717) is 5.84 Å². The quantitative estimate of drug-likeness (QED) is 0.203. The Bertz CT molecular complexity index is 3130. The Morgan fingerprint density at radius 2 is 1.06 bits per heavy atom. The van der Waals surface area contributed by atoms with Crippen LogP contribution >= 0.6 is 0 Å². The summed E-state index contributed by atoms with van der Waals surface area (Å²) < 4.78 is 13.2. The SMILES string of the molecule is c1ccc2cc(C3=NC(c4cccc5oc6c(-c7cccc8c7oc7ccccc78)cccc6c45)=NC(c4ccc5ccccc5c4)N3)ccc2c1. The average Bonchev–Trinajstić information content (AvgIpc) is 3.79. The summed E-state index contributed by atoms with van der Waals surface area (Å²) in [5, 5.41) is 12.6. The minimum Gasteiger partial charge on any atom is -0.455 e. The van der Waals surface area contributed by atoms with Gasteiger partial charge in [-0.3, -0.25) is 0 Å². The van der Waals surface area contributed by atoms with Gasteiger partial charge in [0.15, 0.2) is 5.84 Å². The summed E-state index contributed by atoms with van der Waals surface area (Å²) in [5.41, 5.74) is 8.26. The maximum atomic E-state index is 6.75. The molecule has 1 aliphatic heterocycles. The predicted octanol–water partition coefficient (Wildman–Crippen LogP) is 12.0. The zero-order chi connectivity index (χ0) is 34.2. The lowest BCUT2D eigenvalue weighted by Crippen LogP contribution is -2.33. The Balaban J connectivity index is 1.11. The Labute approximate surface area is 298 Å². The first kappa shape index (κ1) is 28.8. The van der Waals surface area contributed by atoms with E-state index in [-0.39, 0.29) is 6.17 Å². The first-order chi connectivity index (χ1) is 25.7. The third-order valence-electron chi connectivity index (χ3n) is 10.3.